The fourth-order valence-electron chi connectivity index (χ4n) is 4.05. The number of rotatable bonds is 5. The third kappa shape index (κ3) is 3.86. The molecule has 0 amide bonds. The van der Waals surface area contributed by atoms with Crippen molar-refractivity contribution >= 4 is 17.1 Å². The van der Waals surface area contributed by atoms with Crippen molar-refractivity contribution < 1.29 is 0 Å². The van der Waals surface area contributed by atoms with Crippen LogP contribution in [0.3, 0.4) is 0 Å². The second-order valence-electron chi connectivity index (χ2n) is 7.44. The Bertz CT molecular complexity index is 1180. The monoisotopic (exact) mass is 397 g/mol. The minimum atomic E-state index is 1.13. The average Bonchev–Trinajstić information content (AvgIpc) is 2.87. The molecular weight excluding hydrogens is 374 g/mol. The molecule has 1 heteroatoms. The summed E-state index contributed by atoms with van der Waals surface area (Å²) in [5.41, 5.74) is 8.26. The van der Waals surface area contributed by atoms with E-state index >= 15 is 0 Å². The predicted molar refractivity (Wildman–Crippen MR) is 132 cm³/mol. The lowest BCUT2D eigenvalue weighted by Gasteiger charge is -2.29. The number of benzene rings is 5. The summed E-state index contributed by atoms with van der Waals surface area (Å²) in [5.74, 6) is 0. The summed E-state index contributed by atoms with van der Waals surface area (Å²) in [6, 6.07) is 49.0. The largest absolute Gasteiger partial charge is 0.309 e. The molecule has 0 heterocycles. The Morgan fingerprint density at radius 3 is 1.13 bits per heavy atom. The smallest absolute Gasteiger partial charge is 0.0540 e. The molecule has 5 aromatic carbocycles. The van der Waals surface area contributed by atoms with Gasteiger partial charge in [0.15, 0.2) is 0 Å². The molecule has 0 aliphatic heterocycles. The highest BCUT2D eigenvalue weighted by atomic mass is 15.1. The summed E-state index contributed by atoms with van der Waals surface area (Å²) in [6.45, 7) is 0. The van der Waals surface area contributed by atoms with Gasteiger partial charge in [-0.25, -0.2) is 0 Å². The summed E-state index contributed by atoms with van der Waals surface area (Å²) in [7, 11) is 0. The standard InChI is InChI=1S/C30H23N/c1-4-14-24(15-5-1)27-20-10-12-22-29(27)31(26-18-8-3-9-19-26)30-23-13-11-21-28(30)25-16-6-2-7-17-25/h1-23H. The van der Waals surface area contributed by atoms with Crippen LogP contribution in [-0.4, -0.2) is 0 Å². The van der Waals surface area contributed by atoms with E-state index in [-0.39, 0.29) is 0 Å². The third-order valence-electron chi connectivity index (χ3n) is 5.47. The van der Waals surface area contributed by atoms with Gasteiger partial charge in [0, 0.05) is 16.8 Å². The molecule has 0 aromatic heterocycles. The molecule has 0 N–H and O–H groups in total. The SMILES string of the molecule is c1ccc(-c2ccccc2N(c2ccccc2)c2ccccc2-c2ccccc2)cc1. The van der Waals surface area contributed by atoms with E-state index in [1.54, 1.807) is 0 Å². The van der Waals surface area contributed by atoms with Crippen LogP contribution in [0.4, 0.5) is 17.1 Å². The Morgan fingerprint density at radius 2 is 0.677 bits per heavy atom. The van der Waals surface area contributed by atoms with E-state index in [1.165, 1.54) is 22.3 Å². The predicted octanol–water partition coefficient (Wildman–Crippen LogP) is 8.49. The highest BCUT2D eigenvalue weighted by molar-refractivity contribution is 5.93. The van der Waals surface area contributed by atoms with Gasteiger partial charge in [0.2, 0.25) is 0 Å². The molecule has 0 saturated heterocycles. The summed E-state index contributed by atoms with van der Waals surface area (Å²) in [5, 5.41) is 0. The van der Waals surface area contributed by atoms with Crippen molar-refractivity contribution in [1.29, 1.82) is 0 Å². The molecular formula is C30H23N. The van der Waals surface area contributed by atoms with Crippen molar-refractivity contribution in [3.8, 4) is 22.3 Å². The minimum Gasteiger partial charge on any atom is -0.309 e. The lowest BCUT2D eigenvalue weighted by atomic mass is 9.99. The van der Waals surface area contributed by atoms with Gasteiger partial charge in [-0.2, -0.15) is 0 Å². The van der Waals surface area contributed by atoms with Gasteiger partial charge in [-0.05, 0) is 35.4 Å². The first kappa shape index (κ1) is 18.9. The third-order valence-corrected chi connectivity index (χ3v) is 5.47. The van der Waals surface area contributed by atoms with Crippen LogP contribution in [0.25, 0.3) is 22.3 Å². The van der Waals surface area contributed by atoms with E-state index in [4.69, 9.17) is 0 Å². The maximum absolute atomic E-state index is 2.37. The highest BCUT2D eigenvalue weighted by Crippen LogP contribution is 2.44. The molecule has 0 unspecified atom stereocenters. The lowest BCUT2D eigenvalue weighted by Crippen LogP contribution is -2.12. The Morgan fingerprint density at radius 1 is 0.323 bits per heavy atom. The maximum Gasteiger partial charge on any atom is 0.0540 e. The molecule has 0 bridgehead atoms. The summed E-state index contributed by atoms with van der Waals surface area (Å²) in [6.07, 6.45) is 0. The van der Waals surface area contributed by atoms with Crippen LogP contribution < -0.4 is 4.90 Å². The van der Waals surface area contributed by atoms with Gasteiger partial charge in [-0.1, -0.05) is 115 Å². The molecule has 148 valence electrons. The van der Waals surface area contributed by atoms with E-state index in [0.29, 0.717) is 0 Å². The van der Waals surface area contributed by atoms with Crippen molar-refractivity contribution in [2.45, 2.75) is 0 Å². The maximum atomic E-state index is 2.37. The van der Waals surface area contributed by atoms with Gasteiger partial charge in [0.05, 0.1) is 11.4 Å². The number of anilines is 3. The zero-order chi connectivity index (χ0) is 20.9. The zero-order valence-corrected chi connectivity index (χ0v) is 17.2. The Labute approximate surface area is 183 Å². The molecule has 0 atom stereocenters. The quantitative estimate of drug-likeness (QED) is 0.287. The fraction of sp³-hybridized carbons (Fsp3) is 0. The lowest BCUT2D eigenvalue weighted by molar-refractivity contribution is 1.28. The Kier molecular flexibility index (Phi) is 5.32. The molecule has 5 rings (SSSR count). The second-order valence-corrected chi connectivity index (χ2v) is 7.44. The van der Waals surface area contributed by atoms with Crippen LogP contribution in [0.2, 0.25) is 0 Å². The van der Waals surface area contributed by atoms with Gasteiger partial charge in [-0.15, -0.1) is 0 Å². The molecule has 0 aliphatic rings. The summed E-state index contributed by atoms with van der Waals surface area (Å²) in [4.78, 5) is 2.37. The van der Waals surface area contributed by atoms with Crippen molar-refractivity contribution in [2.75, 3.05) is 4.90 Å². The summed E-state index contributed by atoms with van der Waals surface area (Å²) >= 11 is 0. The van der Waals surface area contributed by atoms with Crippen LogP contribution >= 0.6 is 0 Å². The molecule has 0 fully saturated rings. The molecule has 0 spiro atoms. The first-order chi connectivity index (χ1) is 15.4. The van der Waals surface area contributed by atoms with E-state index in [0.717, 1.165) is 17.1 Å². The minimum absolute atomic E-state index is 1.13. The van der Waals surface area contributed by atoms with Gasteiger partial charge < -0.3 is 4.90 Å². The number of hydrogen-bond donors (Lipinski definition) is 0. The van der Waals surface area contributed by atoms with Crippen molar-refractivity contribution in [3.05, 3.63) is 140 Å². The molecule has 0 radical (unpaired) electrons. The van der Waals surface area contributed by atoms with Crippen LogP contribution in [-0.2, 0) is 0 Å². The van der Waals surface area contributed by atoms with Crippen LogP contribution in [0.15, 0.2) is 140 Å². The Balaban J connectivity index is 1.77. The molecule has 0 aliphatic carbocycles. The Hall–Kier alpha value is -4.10. The van der Waals surface area contributed by atoms with Gasteiger partial charge in [0.25, 0.3) is 0 Å². The molecule has 31 heavy (non-hydrogen) atoms. The number of nitrogens with zero attached hydrogens (tertiary/aromatic N) is 1. The molecule has 5 aromatic rings. The van der Waals surface area contributed by atoms with Crippen LogP contribution in [0, 0.1) is 0 Å². The summed E-state index contributed by atoms with van der Waals surface area (Å²) < 4.78 is 0. The van der Waals surface area contributed by atoms with Gasteiger partial charge in [0.1, 0.15) is 0 Å². The second kappa shape index (κ2) is 8.73. The van der Waals surface area contributed by atoms with Gasteiger partial charge >= 0.3 is 0 Å². The van der Waals surface area contributed by atoms with Crippen LogP contribution in [0.5, 0.6) is 0 Å². The van der Waals surface area contributed by atoms with E-state index in [2.05, 4.69) is 144 Å². The topological polar surface area (TPSA) is 3.24 Å². The fourth-order valence-corrected chi connectivity index (χ4v) is 4.05. The van der Waals surface area contributed by atoms with Crippen molar-refractivity contribution in [3.63, 3.8) is 0 Å². The van der Waals surface area contributed by atoms with E-state index in [1.807, 2.05) is 0 Å². The highest BCUT2D eigenvalue weighted by Gasteiger charge is 2.19. The number of hydrogen-bond acceptors (Lipinski definition) is 1. The first-order valence-corrected chi connectivity index (χ1v) is 10.6. The van der Waals surface area contributed by atoms with Crippen LogP contribution in [0.1, 0.15) is 0 Å². The normalized spacial score (nSPS) is 10.6. The molecule has 1 nitrogen and oxygen atoms in total. The van der Waals surface area contributed by atoms with E-state index in [9.17, 15) is 0 Å². The van der Waals surface area contributed by atoms with Gasteiger partial charge in [-0.3, -0.25) is 0 Å². The van der Waals surface area contributed by atoms with Crippen molar-refractivity contribution in [1.82, 2.24) is 0 Å². The first-order valence-electron chi connectivity index (χ1n) is 10.6. The zero-order valence-electron chi connectivity index (χ0n) is 17.2. The molecule has 0 saturated carbocycles. The number of para-hydroxylation sites is 3. The van der Waals surface area contributed by atoms with Crippen molar-refractivity contribution in [2.24, 2.45) is 0 Å². The van der Waals surface area contributed by atoms with E-state index < -0.39 is 0 Å². The average molecular weight is 398 g/mol.